The molecule has 1 aromatic rings. The molecule has 3 aliphatic heterocycles. The average molecular weight is 2210 g/mol. The van der Waals surface area contributed by atoms with Crippen LogP contribution < -0.4 is 4.90 Å². The zero-order valence-electron chi connectivity index (χ0n) is 101. The first-order valence-corrected chi connectivity index (χ1v) is 63.8. The van der Waals surface area contributed by atoms with E-state index in [-0.39, 0.29) is 166 Å². The van der Waals surface area contributed by atoms with E-state index in [0.29, 0.717) is 64.3 Å². The molecule has 5 rings (SSSR count). The van der Waals surface area contributed by atoms with E-state index >= 15 is 0 Å². The van der Waals surface area contributed by atoms with Crippen LogP contribution in [0.1, 0.15) is 308 Å². The molecule has 9 amide bonds. The van der Waals surface area contributed by atoms with Crippen LogP contribution in [0.3, 0.4) is 0 Å². The number of imide groups is 3. The minimum atomic E-state index is -2.01. The molecule has 1 saturated carbocycles. The second kappa shape index (κ2) is 75.9. The molecule has 1 aliphatic carbocycles. The molecule has 36 nitrogen and oxygen atoms in total. The van der Waals surface area contributed by atoms with Gasteiger partial charge in [-0.1, -0.05) is 134 Å². The molecule has 6 atom stereocenters. The highest BCUT2D eigenvalue weighted by Crippen LogP contribution is 2.35. The number of carbonyl (C=O) groups excluding carboxylic acids is 15. The van der Waals surface area contributed by atoms with Crippen molar-refractivity contribution in [2.45, 2.75) is 365 Å². The lowest BCUT2D eigenvalue weighted by atomic mass is 9.91. The van der Waals surface area contributed by atoms with Gasteiger partial charge in [0, 0.05) is 160 Å². The summed E-state index contributed by atoms with van der Waals surface area (Å²) in [7, 11) is 15.6. The van der Waals surface area contributed by atoms with Crippen molar-refractivity contribution in [3.8, 4) is 0 Å². The van der Waals surface area contributed by atoms with Crippen LogP contribution in [0.15, 0.2) is 30.3 Å². The maximum atomic E-state index is 11.9. The van der Waals surface area contributed by atoms with Crippen molar-refractivity contribution in [1.82, 2.24) is 24.5 Å². The van der Waals surface area contributed by atoms with Gasteiger partial charge in [-0.05, 0) is 242 Å². The van der Waals surface area contributed by atoms with Crippen LogP contribution in [-0.4, -0.2) is 306 Å². The van der Waals surface area contributed by atoms with Crippen LogP contribution in [0, 0.1) is 68.0 Å². The number of benzene rings is 1. The fraction of sp³-hybridized carbons (Fsp3) is 0.809. The van der Waals surface area contributed by atoms with Crippen LogP contribution >= 0.6 is 0 Å². The summed E-state index contributed by atoms with van der Waals surface area (Å²) in [5.41, 5.74) is -1.83. The molecule has 0 bridgehead atoms. The third-order valence-corrected chi connectivity index (χ3v) is 40.8. The summed E-state index contributed by atoms with van der Waals surface area (Å²) in [5, 5.41) is 0. The SMILES string of the molecule is CC1C(=O)N(C2CCCCC2)C(=O)C1C.CC1C(=O)N(c2ccccc2)C(=O)C1C.CCC(C)(C)C(=O)OCCCN1C(=O)CCC1=O.CCC(C)(C)C(=O)OCCC[Si](C)(OC)OC.CCC(C)(C)C(=O)OCCC[Si](C)(OC)OC.CCC(C)(C)C(=O)OCCC[Si](C)(OC)OC.CCC(C)(C)C(=O)OCCC[Si](C)(OC)OC.CCC(C)(C)C(=O)OCCOC(=O)N(C)C.CCC(C)C(=O)N(C)C.CCC(C)C(=O)N(C)C. The molecule has 0 aromatic heterocycles. The Balaban J connectivity index is -0.000000522. The molecule has 40 heteroatoms. The number of anilines is 1. The fourth-order valence-electron chi connectivity index (χ4n) is 12.8. The maximum Gasteiger partial charge on any atom is 0.409 e. The number of likely N-dealkylation sites (tertiary alicyclic amines) is 2. The highest BCUT2D eigenvalue weighted by Gasteiger charge is 2.47. The molecular formula is C110H208N6O30Si4. The topological polar surface area (TPSA) is 414 Å². The highest BCUT2D eigenvalue weighted by atomic mass is 28.4. The van der Waals surface area contributed by atoms with E-state index in [2.05, 4.69) is 0 Å². The average Bonchev–Trinajstić information content (AvgIpc) is 1.65. The van der Waals surface area contributed by atoms with Crippen molar-refractivity contribution in [2.24, 2.45) is 68.0 Å². The molecule has 1 aromatic carbocycles. The highest BCUT2D eigenvalue weighted by molar-refractivity contribution is 6.67. The van der Waals surface area contributed by atoms with Crippen LogP contribution in [0.5, 0.6) is 0 Å². The zero-order valence-corrected chi connectivity index (χ0v) is 105. The number of rotatable bonds is 49. The normalized spacial score (nSPS) is 16.4. The number of hydrogen-bond donors (Lipinski definition) is 0. The molecule has 0 N–H and O–H groups in total. The Bertz CT molecular complexity index is 3810. The quantitative estimate of drug-likeness (QED) is 0.0192. The lowest BCUT2D eigenvalue weighted by Gasteiger charge is -2.29. The number of hydrogen-bond acceptors (Lipinski definition) is 30. The number of nitrogens with zero attached hydrogens (tertiary/aromatic N) is 6. The number of ether oxygens (including phenoxy) is 7. The molecule has 150 heavy (non-hydrogen) atoms. The van der Waals surface area contributed by atoms with Gasteiger partial charge in [-0.15, -0.1) is 0 Å². The molecule has 0 radical (unpaired) electrons. The van der Waals surface area contributed by atoms with Crippen molar-refractivity contribution in [1.29, 1.82) is 0 Å². The van der Waals surface area contributed by atoms with Crippen LogP contribution in [0.2, 0.25) is 50.4 Å². The van der Waals surface area contributed by atoms with Crippen molar-refractivity contribution in [3.05, 3.63) is 30.3 Å². The number of esters is 6. The minimum absolute atomic E-state index is 0.0550. The van der Waals surface area contributed by atoms with Gasteiger partial charge in [-0.2, -0.15) is 0 Å². The summed E-state index contributed by atoms with van der Waals surface area (Å²) in [4.78, 5) is 182. The fourth-order valence-corrected chi connectivity index (χ4v) is 18.2. The van der Waals surface area contributed by atoms with E-state index in [1.807, 2.05) is 211 Å². The second-order valence-corrected chi connectivity index (χ2v) is 57.9. The van der Waals surface area contributed by atoms with Gasteiger partial charge in [0.25, 0.3) is 0 Å². The van der Waals surface area contributed by atoms with E-state index in [1.165, 1.54) is 21.1 Å². The Hall–Kier alpha value is -7.78. The number of para-hydroxylation sites is 1. The van der Waals surface area contributed by atoms with E-state index in [9.17, 15) is 71.9 Å². The third kappa shape index (κ3) is 57.6. The Morgan fingerprint density at radius 1 is 0.340 bits per heavy atom. The Morgan fingerprint density at radius 2 is 0.573 bits per heavy atom. The van der Waals surface area contributed by atoms with E-state index < -0.39 is 51.2 Å². The molecule has 0 spiro atoms. The van der Waals surface area contributed by atoms with Crippen LogP contribution in [0.4, 0.5) is 10.5 Å². The Morgan fingerprint density at radius 3 is 0.793 bits per heavy atom. The summed E-state index contributed by atoms with van der Waals surface area (Å²) < 4.78 is 78.8. The second-order valence-electron chi connectivity index (χ2n) is 43.5. The summed E-state index contributed by atoms with van der Waals surface area (Å²) in [6.45, 7) is 60.2. The zero-order chi connectivity index (χ0) is 118. The third-order valence-electron chi connectivity index (χ3n) is 28.8. The maximum absolute atomic E-state index is 11.9. The van der Waals surface area contributed by atoms with Crippen LogP contribution in [0.25, 0.3) is 0 Å². The van der Waals surface area contributed by atoms with Crippen molar-refractivity contribution in [2.75, 3.05) is 157 Å². The van der Waals surface area contributed by atoms with Gasteiger partial charge < -0.3 is 83.3 Å². The van der Waals surface area contributed by atoms with Crippen LogP contribution in [-0.2, 0) is 136 Å². The summed E-state index contributed by atoms with van der Waals surface area (Å²) in [5.74, 6) is -1.19. The van der Waals surface area contributed by atoms with Gasteiger partial charge in [0.2, 0.25) is 47.3 Å². The Labute approximate surface area is 909 Å². The monoisotopic (exact) mass is 2210 g/mol. The minimum Gasteiger partial charge on any atom is -0.465 e. The Kier molecular flexibility index (Phi) is 76.3. The first kappa shape index (κ1) is 151. The summed E-state index contributed by atoms with van der Waals surface area (Å²) in [6, 6.07) is 12.6. The molecule has 3 heterocycles. The van der Waals surface area contributed by atoms with E-state index in [1.54, 1.807) is 140 Å². The number of amides is 9. The molecular weight excluding hydrogens is 2000 g/mol. The lowest BCUT2D eigenvalue weighted by Crippen LogP contribution is -2.41. The van der Waals surface area contributed by atoms with Gasteiger partial charge >= 0.3 is 76.2 Å². The smallest absolute Gasteiger partial charge is 0.409 e. The van der Waals surface area contributed by atoms with Crippen molar-refractivity contribution >= 4 is 129 Å². The first-order valence-electron chi connectivity index (χ1n) is 53.7. The van der Waals surface area contributed by atoms with E-state index in [4.69, 9.17) is 68.6 Å². The molecule has 3 saturated heterocycles. The van der Waals surface area contributed by atoms with E-state index in [0.717, 1.165) is 120 Å². The molecule has 874 valence electrons. The van der Waals surface area contributed by atoms with Gasteiger partial charge in [0.1, 0.15) is 13.2 Å². The number of carbonyl (C=O) groups is 15. The standard InChI is InChI=1S/C13H21NO4.C12H19NO2.C12H13NO2.4C12H26O4Si.C11H21NO4.2C7H15NO/c1-4-13(2,3)12(17)18-9-5-8-14-10(15)6-7-11(14)16;2*1-8-9(2)12(15)13(11(8)14)10-6-4-3-5-7-10;4*1-7-12(2,3)11(13)16-9-8-10-17(6,14-4)15-5;1-6-11(2,3)9(13)15-7-8-16-10(14)12(4)5;2*1-5-6(2)7(9)8(3)4/h4-9H2,1-3H3;8-10H,3-7H2,1-2H3;3-9H,1-2H3;4*7-10H2,1-6H3;6-8H2,1-5H3;2*6H,5H2,1-4H3. The molecule has 6 unspecified atom stereocenters. The van der Waals surface area contributed by atoms with Crippen molar-refractivity contribution in [3.63, 3.8) is 0 Å². The van der Waals surface area contributed by atoms with Gasteiger partial charge in [0.05, 0.1) is 71.2 Å². The predicted octanol–water partition coefficient (Wildman–Crippen LogP) is 20.1. The van der Waals surface area contributed by atoms with Gasteiger partial charge in [0.15, 0.2) is 0 Å². The molecule has 4 fully saturated rings. The van der Waals surface area contributed by atoms with Crippen molar-refractivity contribution < 1.29 is 140 Å². The summed E-state index contributed by atoms with van der Waals surface area (Å²) >= 11 is 0. The van der Waals surface area contributed by atoms with Gasteiger partial charge in [-0.25, -0.2) is 4.79 Å². The predicted molar refractivity (Wildman–Crippen MR) is 597 cm³/mol. The summed E-state index contributed by atoms with van der Waals surface area (Å²) in [6.07, 6.45) is 15.8. The first-order chi connectivity index (χ1) is 69.4. The van der Waals surface area contributed by atoms with Gasteiger partial charge in [-0.3, -0.25) is 81.8 Å². The largest absolute Gasteiger partial charge is 0.465 e. The molecule has 4 aliphatic rings. The lowest BCUT2D eigenvalue weighted by molar-refractivity contribution is -0.155.